The van der Waals surface area contributed by atoms with Gasteiger partial charge in [0.25, 0.3) is 0 Å². The zero-order valence-corrected chi connectivity index (χ0v) is 14.3. The summed E-state index contributed by atoms with van der Waals surface area (Å²) in [6.45, 7) is 0. The van der Waals surface area contributed by atoms with E-state index in [0.29, 0.717) is 10.9 Å². The molecule has 1 saturated heterocycles. The molecule has 1 fully saturated rings. The van der Waals surface area contributed by atoms with Gasteiger partial charge in [-0.2, -0.15) is 5.10 Å². The van der Waals surface area contributed by atoms with Crippen LogP contribution in [0.15, 0.2) is 68.5 Å². The first-order valence-corrected chi connectivity index (χ1v) is 8.95. The van der Waals surface area contributed by atoms with E-state index in [1.165, 1.54) is 11.8 Å². The fraction of sp³-hybridized carbons (Fsp3) is 0.0625. The number of amidine groups is 1. The van der Waals surface area contributed by atoms with Crippen molar-refractivity contribution in [1.29, 1.82) is 0 Å². The van der Waals surface area contributed by atoms with Crippen LogP contribution in [0.2, 0.25) is 5.02 Å². The minimum atomic E-state index is -0.0392. The molecule has 0 spiro atoms. The molecule has 4 nitrogen and oxygen atoms in total. The third kappa shape index (κ3) is 4.60. The maximum atomic E-state index is 11.1. The van der Waals surface area contributed by atoms with Crippen molar-refractivity contribution in [3.8, 4) is 0 Å². The van der Waals surface area contributed by atoms with Crippen LogP contribution in [0.25, 0.3) is 0 Å². The van der Waals surface area contributed by atoms with Gasteiger partial charge in [0.1, 0.15) is 0 Å². The van der Waals surface area contributed by atoms with Crippen molar-refractivity contribution < 1.29 is 4.79 Å². The molecule has 0 aromatic heterocycles. The van der Waals surface area contributed by atoms with Gasteiger partial charge in [-0.1, -0.05) is 53.3 Å². The lowest BCUT2D eigenvalue weighted by molar-refractivity contribution is -0.116. The molecule has 7 heteroatoms. The van der Waals surface area contributed by atoms with Crippen molar-refractivity contribution in [2.24, 2.45) is 10.2 Å². The van der Waals surface area contributed by atoms with Gasteiger partial charge in [-0.05, 0) is 30.3 Å². The van der Waals surface area contributed by atoms with Crippen LogP contribution >= 0.6 is 35.1 Å². The monoisotopic (exact) mass is 361 g/mol. The summed E-state index contributed by atoms with van der Waals surface area (Å²) >= 11 is 8.89. The van der Waals surface area contributed by atoms with E-state index in [0.717, 1.165) is 20.4 Å². The summed E-state index contributed by atoms with van der Waals surface area (Å²) in [6.07, 6.45) is 1.69. The molecular weight excluding hydrogens is 350 g/mol. The van der Waals surface area contributed by atoms with Gasteiger partial charge >= 0.3 is 0 Å². The Morgan fingerprint density at radius 1 is 1.17 bits per heavy atom. The van der Waals surface area contributed by atoms with Crippen molar-refractivity contribution in [2.45, 2.75) is 9.79 Å². The van der Waals surface area contributed by atoms with E-state index < -0.39 is 0 Å². The number of nitrogens with zero attached hydrogens (tertiary/aromatic N) is 2. The second kappa shape index (κ2) is 7.68. The van der Waals surface area contributed by atoms with Crippen LogP contribution in [0, 0.1) is 0 Å². The maximum Gasteiger partial charge on any atom is 0.236 e. The molecule has 1 heterocycles. The first-order chi connectivity index (χ1) is 11.2. The highest BCUT2D eigenvalue weighted by Gasteiger charge is 2.15. The Labute approximate surface area is 147 Å². The highest BCUT2D eigenvalue weighted by atomic mass is 35.5. The van der Waals surface area contributed by atoms with Crippen LogP contribution < -0.4 is 5.32 Å². The van der Waals surface area contributed by atoms with Gasteiger partial charge < -0.3 is 5.32 Å². The SMILES string of the molecule is O=C1CSC(=NN=Cc2ccccc2Sc2ccc(Cl)cc2)N1. The highest BCUT2D eigenvalue weighted by molar-refractivity contribution is 8.15. The zero-order valence-electron chi connectivity index (χ0n) is 11.9. The number of hydrogen-bond acceptors (Lipinski definition) is 5. The third-order valence-electron chi connectivity index (χ3n) is 2.89. The number of hydrogen-bond donors (Lipinski definition) is 1. The largest absolute Gasteiger partial charge is 0.303 e. The number of carbonyl (C=O) groups is 1. The van der Waals surface area contributed by atoms with E-state index in [2.05, 4.69) is 15.5 Å². The number of amides is 1. The Kier molecular flexibility index (Phi) is 5.38. The molecule has 2 aromatic carbocycles. The second-order valence-electron chi connectivity index (χ2n) is 4.58. The topological polar surface area (TPSA) is 53.8 Å². The first kappa shape index (κ1) is 16.1. The Morgan fingerprint density at radius 2 is 1.96 bits per heavy atom. The lowest BCUT2D eigenvalue weighted by Crippen LogP contribution is -2.19. The van der Waals surface area contributed by atoms with E-state index in [9.17, 15) is 4.79 Å². The summed E-state index contributed by atoms with van der Waals surface area (Å²) < 4.78 is 0. The summed E-state index contributed by atoms with van der Waals surface area (Å²) in [5.41, 5.74) is 0.964. The fourth-order valence-corrected chi connectivity index (χ4v) is 3.50. The van der Waals surface area contributed by atoms with E-state index in [-0.39, 0.29) is 5.91 Å². The predicted octanol–water partition coefficient (Wildman–Crippen LogP) is 4.04. The van der Waals surface area contributed by atoms with Crippen molar-refractivity contribution in [1.82, 2.24) is 5.32 Å². The molecule has 0 aliphatic carbocycles. The van der Waals surface area contributed by atoms with Gasteiger partial charge in [-0.3, -0.25) is 4.79 Å². The number of thioether (sulfide) groups is 1. The standard InChI is InChI=1S/C16H12ClN3OS2/c17-12-5-7-13(8-6-12)23-14-4-2-1-3-11(14)9-18-20-16-19-15(21)10-22-16/h1-9H,10H2,(H,19,20,21). The Bertz CT molecular complexity index is 775. The Hall–Kier alpha value is -1.76. The van der Waals surface area contributed by atoms with Crippen LogP contribution in [0.5, 0.6) is 0 Å². The summed E-state index contributed by atoms with van der Waals surface area (Å²) in [6, 6.07) is 15.6. The quantitative estimate of drug-likeness (QED) is 0.660. The van der Waals surface area contributed by atoms with Gasteiger partial charge in [-0.25, -0.2) is 0 Å². The van der Waals surface area contributed by atoms with Crippen molar-refractivity contribution in [3.05, 3.63) is 59.1 Å². The third-order valence-corrected chi connectivity index (χ3v) is 5.11. The van der Waals surface area contributed by atoms with Crippen LogP contribution in [-0.2, 0) is 4.79 Å². The van der Waals surface area contributed by atoms with Crippen LogP contribution in [0.4, 0.5) is 0 Å². The Morgan fingerprint density at radius 3 is 2.70 bits per heavy atom. The summed E-state index contributed by atoms with van der Waals surface area (Å²) in [5, 5.41) is 12.0. The van der Waals surface area contributed by atoms with Crippen molar-refractivity contribution >= 4 is 52.4 Å². The molecule has 3 rings (SSSR count). The predicted molar refractivity (Wildman–Crippen MR) is 97.6 cm³/mol. The van der Waals surface area contributed by atoms with Gasteiger partial charge in [0, 0.05) is 20.4 Å². The van der Waals surface area contributed by atoms with Gasteiger partial charge in [0.2, 0.25) is 5.91 Å². The number of benzene rings is 2. The molecule has 0 saturated carbocycles. The molecule has 1 aliphatic rings. The Balaban J connectivity index is 1.75. The molecule has 1 amide bonds. The molecule has 0 radical (unpaired) electrons. The van der Waals surface area contributed by atoms with Crippen LogP contribution in [0.1, 0.15) is 5.56 Å². The second-order valence-corrected chi connectivity index (χ2v) is 7.10. The highest BCUT2D eigenvalue weighted by Crippen LogP contribution is 2.30. The fourth-order valence-electron chi connectivity index (χ4n) is 1.83. The molecule has 2 aromatic rings. The smallest absolute Gasteiger partial charge is 0.236 e. The van der Waals surface area contributed by atoms with E-state index in [1.54, 1.807) is 18.0 Å². The number of carbonyl (C=O) groups excluding carboxylic acids is 1. The molecule has 23 heavy (non-hydrogen) atoms. The van der Waals surface area contributed by atoms with Crippen LogP contribution in [0.3, 0.4) is 0 Å². The minimum absolute atomic E-state index is 0.0392. The average molecular weight is 362 g/mol. The molecule has 0 bridgehead atoms. The van der Waals surface area contributed by atoms with Gasteiger partial charge in [0.05, 0.1) is 12.0 Å². The lowest BCUT2D eigenvalue weighted by atomic mass is 10.2. The van der Waals surface area contributed by atoms with Gasteiger partial charge in [0.15, 0.2) is 5.17 Å². The molecule has 1 aliphatic heterocycles. The van der Waals surface area contributed by atoms with Crippen molar-refractivity contribution in [3.63, 3.8) is 0 Å². The molecule has 0 unspecified atom stereocenters. The molecule has 1 N–H and O–H groups in total. The normalized spacial score (nSPS) is 16.2. The summed E-state index contributed by atoms with van der Waals surface area (Å²) in [7, 11) is 0. The first-order valence-electron chi connectivity index (χ1n) is 6.77. The number of halogens is 1. The van der Waals surface area contributed by atoms with Crippen molar-refractivity contribution in [2.75, 3.05) is 5.75 Å². The summed E-state index contributed by atoms with van der Waals surface area (Å²) in [4.78, 5) is 13.3. The van der Waals surface area contributed by atoms with E-state index in [4.69, 9.17) is 11.6 Å². The maximum absolute atomic E-state index is 11.1. The lowest BCUT2D eigenvalue weighted by Gasteiger charge is -2.05. The molecule has 116 valence electrons. The van der Waals surface area contributed by atoms with E-state index in [1.807, 2.05) is 48.5 Å². The molecule has 0 atom stereocenters. The van der Waals surface area contributed by atoms with Crippen LogP contribution in [-0.4, -0.2) is 23.0 Å². The van der Waals surface area contributed by atoms with Gasteiger partial charge in [-0.15, -0.1) is 5.10 Å². The van der Waals surface area contributed by atoms with E-state index >= 15 is 0 Å². The number of rotatable bonds is 4. The minimum Gasteiger partial charge on any atom is -0.303 e. The zero-order chi connectivity index (χ0) is 16.1. The number of nitrogens with one attached hydrogen (secondary N) is 1. The summed E-state index contributed by atoms with van der Waals surface area (Å²) in [5.74, 6) is 0.361. The average Bonchev–Trinajstić information content (AvgIpc) is 2.97. The molecular formula is C16H12ClN3OS2.